The number of rotatable bonds is 6. The Morgan fingerprint density at radius 2 is 1.48 bits per heavy atom. The van der Waals surface area contributed by atoms with Crippen LogP contribution in [0.15, 0.2) is 12.4 Å². The lowest BCUT2D eigenvalue weighted by molar-refractivity contribution is -0.154. The lowest BCUT2D eigenvalue weighted by Crippen LogP contribution is -2.25. The molecule has 0 N–H and O–H groups in total. The van der Waals surface area contributed by atoms with Crippen molar-refractivity contribution in [2.75, 3.05) is 7.11 Å². The van der Waals surface area contributed by atoms with Crippen LogP contribution in [0, 0.1) is 0 Å². The Hall–Kier alpha value is -2.97. The molecule has 0 aliphatic carbocycles. The molecule has 0 bridgehead atoms. The van der Waals surface area contributed by atoms with Crippen LogP contribution in [0.3, 0.4) is 0 Å². The number of methoxy groups -OCH3 is 1. The number of ether oxygens (including phenoxy) is 2. The first-order valence-corrected chi connectivity index (χ1v) is 8.38. The number of aromatic nitrogens is 4. The van der Waals surface area contributed by atoms with Crippen molar-refractivity contribution in [3.05, 3.63) is 35.4 Å². The number of nitrogens with zero attached hydrogens (tertiary/aromatic N) is 4. The molecule has 2 aromatic rings. The second-order valence-electron chi connectivity index (χ2n) is 7.19. The van der Waals surface area contributed by atoms with Crippen molar-refractivity contribution in [3.8, 4) is 0 Å². The molecule has 27 heavy (non-hydrogen) atoms. The summed E-state index contributed by atoms with van der Waals surface area (Å²) in [5.74, 6) is -0.938. The minimum absolute atomic E-state index is 0.0194. The average Bonchev–Trinajstić information content (AvgIpc) is 3.07. The van der Waals surface area contributed by atoms with Gasteiger partial charge in [0.1, 0.15) is 5.60 Å². The molecular formula is C18H24N4O5. The van der Waals surface area contributed by atoms with Crippen molar-refractivity contribution >= 4 is 17.7 Å². The first kappa shape index (κ1) is 20.3. The molecule has 0 aromatic carbocycles. The van der Waals surface area contributed by atoms with Gasteiger partial charge in [-0.15, -0.1) is 0 Å². The third-order valence-electron chi connectivity index (χ3n) is 3.56. The van der Waals surface area contributed by atoms with E-state index in [-0.39, 0.29) is 30.3 Å². The van der Waals surface area contributed by atoms with Crippen LogP contribution in [0.5, 0.6) is 0 Å². The Bertz CT molecular complexity index is 873. The summed E-state index contributed by atoms with van der Waals surface area (Å²) in [4.78, 5) is 44.5. The Balaban J connectivity index is 2.10. The van der Waals surface area contributed by atoms with Gasteiger partial charge in [-0.1, -0.05) is 0 Å². The fourth-order valence-corrected chi connectivity index (χ4v) is 2.54. The number of hydrogen-bond donors (Lipinski definition) is 0. The van der Waals surface area contributed by atoms with Crippen LogP contribution in [0.1, 0.15) is 53.4 Å². The second kappa shape index (κ2) is 7.73. The number of aryl methyl sites for hydroxylation is 2. The van der Waals surface area contributed by atoms with Crippen molar-refractivity contribution in [1.82, 2.24) is 19.1 Å². The summed E-state index contributed by atoms with van der Waals surface area (Å²) in [6, 6.07) is 0. The molecule has 0 unspecified atom stereocenters. The molecule has 9 nitrogen and oxygen atoms in total. The Labute approximate surface area is 157 Å². The average molecular weight is 376 g/mol. The summed E-state index contributed by atoms with van der Waals surface area (Å²) in [5, 5.41) is 0. The molecule has 2 heterocycles. The summed E-state index contributed by atoms with van der Waals surface area (Å²) < 4.78 is 13.0. The van der Waals surface area contributed by atoms with Crippen LogP contribution in [0.25, 0.3) is 0 Å². The Kier molecular flexibility index (Phi) is 5.82. The van der Waals surface area contributed by atoms with Crippen LogP contribution < -0.4 is 0 Å². The molecule has 0 amide bonds. The topological polar surface area (TPSA) is 105 Å². The van der Waals surface area contributed by atoms with Gasteiger partial charge in [-0.25, -0.2) is 14.8 Å². The molecule has 0 spiro atoms. The van der Waals surface area contributed by atoms with Crippen molar-refractivity contribution < 1.29 is 23.9 Å². The molecule has 0 fully saturated rings. The van der Waals surface area contributed by atoms with Gasteiger partial charge in [-0.2, -0.15) is 0 Å². The molecule has 146 valence electrons. The highest BCUT2D eigenvalue weighted by Crippen LogP contribution is 2.12. The van der Waals surface area contributed by atoms with E-state index in [1.165, 1.54) is 11.7 Å². The number of imidazole rings is 2. The molecule has 9 heteroatoms. The van der Waals surface area contributed by atoms with Gasteiger partial charge in [-0.05, 0) is 20.8 Å². The summed E-state index contributed by atoms with van der Waals surface area (Å²) in [6.45, 7) is 5.36. The van der Waals surface area contributed by atoms with E-state index in [0.29, 0.717) is 11.4 Å². The fraction of sp³-hybridized carbons (Fsp3) is 0.500. The molecule has 0 atom stereocenters. The predicted octanol–water partition coefficient (Wildman–Crippen LogP) is 1.25. The summed E-state index contributed by atoms with van der Waals surface area (Å²) in [7, 11) is 4.59. The molecule has 0 saturated carbocycles. The third kappa shape index (κ3) is 5.25. The van der Waals surface area contributed by atoms with Gasteiger partial charge in [0.25, 0.3) is 0 Å². The monoisotopic (exact) mass is 376 g/mol. The molecule has 0 aliphatic rings. The lowest BCUT2D eigenvalue weighted by atomic mass is 10.2. The van der Waals surface area contributed by atoms with Crippen molar-refractivity contribution in [3.63, 3.8) is 0 Å². The lowest BCUT2D eigenvalue weighted by Gasteiger charge is -2.18. The van der Waals surface area contributed by atoms with E-state index in [2.05, 4.69) is 14.7 Å². The minimum Gasteiger partial charge on any atom is -0.463 e. The van der Waals surface area contributed by atoms with Crippen LogP contribution in [-0.4, -0.2) is 49.5 Å². The van der Waals surface area contributed by atoms with Gasteiger partial charge in [0, 0.05) is 26.5 Å². The smallest absolute Gasteiger partial charge is 0.374 e. The van der Waals surface area contributed by atoms with Crippen LogP contribution in [0.4, 0.5) is 0 Å². The quantitative estimate of drug-likeness (QED) is 0.552. The second-order valence-corrected chi connectivity index (χ2v) is 7.19. The summed E-state index contributed by atoms with van der Waals surface area (Å²) in [5.41, 5.74) is 0.298. The minimum atomic E-state index is -0.583. The van der Waals surface area contributed by atoms with E-state index in [1.807, 2.05) is 0 Å². The highest BCUT2D eigenvalue weighted by Gasteiger charge is 2.21. The number of carbonyl (C=O) groups excluding carboxylic acids is 3. The van der Waals surface area contributed by atoms with E-state index in [0.717, 1.165) is 0 Å². The van der Waals surface area contributed by atoms with Gasteiger partial charge in [0.15, 0.2) is 5.82 Å². The van der Waals surface area contributed by atoms with Gasteiger partial charge < -0.3 is 18.6 Å². The number of carbonyl (C=O) groups is 3. The highest BCUT2D eigenvalue weighted by atomic mass is 16.6. The van der Waals surface area contributed by atoms with Gasteiger partial charge in [0.2, 0.25) is 11.6 Å². The van der Waals surface area contributed by atoms with E-state index >= 15 is 0 Å². The summed E-state index contributed by atoms with van der Waals surface area (Å²) >= 11 is 0. The maximum absolute atomic E-state index is 12.6. The molecule has 2 aromatic heterocycles. The largest absolute Gasteiger partial charge is 0.463 e. The van der Waals surface area contributed by atoms with Crippen molar-refractivity contribution in [1.29, 1.82) is 0 Å². The molecule has 0 saturated heterocycles. The van der Waals surface area contributed by atoms with E-state index < -0.39 is 17.5 Å². The van der Waals surface area contributed by atoms with E-state index in [9.17, 15) is 14.4 Å². The van der Waals surface area contributed by atoms with E-state index in [4.69, 9.17) is 4.74 Å². The molecule has 0 radical (unpaired) electrons. The molecule has 2 rings (SSSR count). The maximum Gasteiger partial charge on any atom is 0.374 e. The first-order chi connectivity index (χ1) is 12.5. The maximum atomic E-state index is 12.6. The third-order valence-corrected chi connectivity index (χ3v) is 3.56. The standard InChI is InChI=1S/C18H24N4O5/c1-18(2,3)27-14(24)8-12-10-21(4)15(19-12)13(23)7-11-9-22(5)16(20-11)17(25)26-6/h9-10H,7-8H2,1-6H3. The number of Topliss-reactive ketones (excluding diaryl/α,β-unsaturated/α-hetero) is 1. The Morgan fingerprint density at radius 1 is 0.963 bits per heavy atom. The zero-order valence-electron chi connectivity index (χ0n) is 16.4. The zero-order chi connectivity index (χ0) is 20.4. The first-order valence-electron chi connectivity index (χ1n) is 8.38. The van der Waals surface area contributed by atoms with Crippen molar-refractivity contribution in [2.24, 2.45) is 14.1 Å². The van der Waals surface area contributed by atoms with E-state index in [1.54, 1.807) is 51.8 Å². The van der Waals surface area contributed by atoms with Gasteiger partial charge in [-0.3, -0.25) is 9.59 Å². The Morgan fingerprint density at radius 3 is 2.04 bits per heavy atom. The van der Waals surface area contributed by atoms with Crippen LogP contribution in [-0.2, 0) is 41.2 Å². The van der Waals surface area contributed by atoms with Crippen LogP contribution in [0.2, 0.25) is 0 Å². The van der Waals surface area contributed by atoms with Gasteiger partial charge in [0.05, 0.1) is 31.3 Å². The highest BCUT2D eigenvalue weighted by molar-refractivity contribution is 5.94. The van der Waals surface area contributed by atoms with Crippen LogP contribution >= 0.6 is 0 Å². The zero-order valence-corrected chi connectivity index (χ0v) is 16.4. The molecule has 0 aliphatic heterocycles. The van der Waals surface area contributed by atoms with Gasteiger partial charge >= 0.3 is 11.9 Å². The number of hydrogen-bond acceptors (Lipinski definition) is 7. The molecular weight excluding hydrogens is 352 g/mol. The fourth-order valence-electron chi connectivity index (χ4n) is 2.54. The normalized spacial score (nSPS) is 11.3. The predicted molar refractivity (Wildman–Crippen MR) is 95.3 cm³/mol. The number of esters is 2. The summed E-state index contributed by atoms with van der Waals surface area (Å²) in [6.07, 6.45) is 3.17. The van der Waals surface area contributed by atoms with Crippen molar-refractivity contribution in [2.45, 2.75) is 39.2 Å². The number of ketones is 1. The SMILES string of the molecule is COC(=O)c1nc(CC(=O)c2nc(CC(=O)OC(C)(C)C)cn2C)cn1C.